The molecule has 2 saturated heterocycles. The first-order valence-electron chi connectivity index (χ1n) is 8.03. The van der Waals surface area contributed by atoms with Crippen LogP contribution >= 0.6 is 0 Å². The molecule has 2 aliphatic heterocycles. The number of anilines is 1. The second-order valence-electron chi connectivity index (χ2n) is 6.59. The predicted molar refractivity (Wildman–Crippen MR) is 85.3 cm³/mol. The van der Waals surface area contributed by atoms with Crippen molar-refractivity contribution in [2.24, 2.45) is 0 Å². The number of hydrogen-bond donors (Lipinski definition) is 2. The van der Waals surface area contributed by atoms with Crippen molar-refractivity contribution < 1.29 is 24.1 Å². The lowest BCUT2D eigenvalue weighted by Gasteiger charge is -2.23. The number of nitrogens with two attached hydrogens (primary N) is 1. The summed E-state index contributed by atoms with van der Waals surface area (Å²) in [6.07, 6.45) is -0.568. The molecule has 4 rings (SSSR count). The SMILES string of the molecule is COCc1nn([C@@H]2O[C@H](CO)[C@H]3OC(C)(C)O[C@H]32)c2ncnc(N)c12. The summed E-state index contributed by atoms with van der Waals surface area (Å²) in [7, 11) is 1.57. The largest absolute Gasteiger partial charge is 0.394 e. The molecule has 4 atom stereocenters. The van der Waals surface area contributed by atoms with E-state index < -0.39 is 30.3 Å². The number of ether oxygens (including phenoxy) is 4. The maximum Gasteiger partial charge on any atom is 0.181 e. The first kappa shape index (κ1) is 16.6. The molecule has 0 unspecified atom stereocenters. The molecular formula is C15H21N5O5. The summed E-state index contributed by atoms with van der Waals surface area (Å²) in [6.45, 7) is 3.73. The van der Waals surface area contributed by atoms with E-state index in [1.807, 2.05) is 13.8 Å². The Morgan fingerprint density at radius 3 is 2.80 bits per heavy atom. The molecule has 2 fully saturated rings. The molecule has 0 saturated carbocycles. The lowest BCUT2D eigenvalue weighted by Crippen LogP contribution is -2.31. The molecule has 0 amide bonds. The zero-order chi connectivity index (χ0) is 17.8. The summed E-state index contributed by atoms with van der Waals surface area (Å²) < 4.78 is 24.7. The molecule has 136 valence electrons. The second kappa shape index (κ2) is 5.85. The fourth-order valence-electron chi connectivity index (χ4n) is 3.49. The molecular weight excluding hydrogens is 330 g/mol. The van der Waals surface area contributed by atoms with Crippen LogP contribution in [-0.4, -0.2) is 62.7 Å². The monoisotopic (exact) mass is 351 g/mol. The van der Waals surface area contributed by atoms with Gasteiger partial charge in [0.1, 0.15) is 36.2 Å². The lowest BCUT2D eigenvalue weighted by molar-refractivity contribution is -0.201. The van der Waals surface area contributed by atoms with Crippen LogP contribution in [0.1, 0.15) is 25.8 Å². The van der Waals surface area contributed by atoms with Crippen molar-refractivity contribution in [3.05, 3.63) is 12.0 Å². The minimum absolute atomic E-state index is 0.182. The highest BCUT2D eigenvalue weighted by atomic mass is 16.8. The molecule has 0 bridgehead atoms. The maximum atomic E-state index is 9.64. The highest BCUT2D eigenvalue weighted by Gasteiger charge is 2.56. The van der Waals surface area contributed by atoms with Gasteiger partial charge in [-0.15, -0.1) is 0 Å². The third-order valence-electron chi connectivity index (χ3n) is 4.42. The van der Waals surface area contributed by atoms with E-state index in [1.165, 1.54) is 6.33 Å². The van der Waals surface area contributed by atoms with E-state index in [9.17, 15) is 5.11 Å². The zero-order valence-electron chi connectivity index (χ0n) is 14.2. The first-order chi connectivity index (χ1) is 11.9. The van der Waals surface area contributed by atoms with Crippen LogP contribution in [-0.2, 0) is 25.6 Å². The van der Waals surface area contributed by atoms with Crippen LogP contribution in [0.2, 0.25) is 0 Å². The Morgan fingerprint density at radius 1 is 1.32 bits per heavy atom. The first-order valence-corrected chi connectivity index (χ1v) is 8.03. The van der Waals surface area contributed by atoms with Gasteiger partial charge in [0.25, 0.3) is 0 Å². The topological polar surface area (TPSA) is 127 Å². The molecule has 3 N–H and O–H groups in total. The summed E-state index contributed by atoms with van der Waals surface area (Å²) in [5.41, 5.74) is 7.14. The summed E-state index contributed by atoms with van der Waals surface area (Å²) >= 11 is 0. The minimum Gasteiger partial charge on any atom is -0.394 e. The number of aliphatic hydroxyl groups excluding tert-OH is 1. The Balaban J connectivity index is 1.80. The van der Waals surface area contributed by atoms with Gasteiger partial charge in [0.05, 0.1) is 18.6 Å². The number of aromatic nitrogens is 4. The van der Waals surface area contributed by atoms with Gasteiger partial charge in [-0.3, -0.25) is 0 Å². The van der Waals surface area contributed by atoms with Gasteiger partial charge >= 0.3 is 0 Å². The lowest BCUT2D eigenvalue weighted by atomic mass is 10.1. The summed E-state index contributed by atoms with van der Waals surface area (Å²) in [4.78, 5) is 8.34. The summed E-state index contributed by atoms with van der Waals surface area (Å²) in [6, 6.07) is 0. The number of aliphatic hydroxyl groups is 1. The van der Waals surface area contributed by atoms with E-state index in [0.717, 1.165) is 0 Å². The number of nitrogen functional groups attached to an aromatic ring is 1. The third-order valence-corrected chi connectivity index (χ3v) is 4.42. The van der Waals surface area contributed by atoms with Crippen molar-refractivity contribution in [1.82, 2.24) is 19.7 Å². The highest BCUT2D eigenvalue weighted by Crippen LogP contribution is 2.43. The van der Waals surface area contributed by atoms with Crippen molar-refractivity contribution in [3.63, 3.8) is 0 Å². The number of rotatable bonds is 4. The van der Waals surface area contributed by atoms with Crippen molar-refractivity contribution in [1.29, 1.82) is 0 Å². The van der Waals surface area contributed by atoms with Crippen LogP contribution in [0.4, 0.5) is 5.82 Å². The molecule has 10 nitrogen and oxygen atoms in total. The molecule has 0 aromatic carbocycles. The Labute approximate surface area is 143 Å². The fourth-order valence-corrected chi connectivity index (χ4v) is 3.49. The van der Waals surface area contributed by atoms with Crippen LogP contribution < -0.4 is 5.73 Å². The number of hydrogen-bond acceptors (Lipinski definition) is 9. The van der Waals surface area contributed by atoms with Gasteiger partial charge in [-0.2, -0.15) is 5.10 Å². The van der Waals surface area contributed by atoms with Crippen molar-refractivity contribution in [3.8, 4) is 0 Å². The van der Waals surface area contributed by atoms with Crippen LogP contribution in [0, 0.1) is 0 Å². The van der Waals surface area contributed by atoms with Gasteiger partial charge in [-0.05, 0) is 13.8 Å². The van der Waals surface area contributed by atoms with Crippen LogP contribution in [0.15, 0.2) is 6.33 Å². The van der Waals surface area contributed by atoms with Gasteiger partial charge in [-0.25, -0.2) is 14.6 Å². The Bertz CT molecular complexity index is 794. The molecule has 0 spiro atoms. The number of methoxy groups -OCH3 is 1. The summed E-state index contributed by atoms with van der Waals surface area (Å²) in [5, 5.41) is 14.8. The molecule has 10 heteroatoms. The molecule has 2 aromatic rings. The molecule has 0 radical (unpaired) electrons. The number of fused-ring (bicyclic) bond motifs is 2. The second-order valence-corrected chi connectivity index (χ2v) is 6.59. The van der Waals surface area contributed by atoms with Gasteiger partial charge in [-0.1, -0.05) is 0 Å². The third kappa shape index (κ3) is 2.57. The van der Waals surface area contributed by atoms with E-state index in [4.69, 9.17) is 24.7 Å². The zero-order valence-corrected chi connectivity index (χ0v) is 14.2. The molecule has 25 heavy (non-hydrogen) atoms. The van der Waals surface area contributed by atoms with Crippen molar-refractivity contribution in [2.45, 2.75) is 50.8 Å². The average Bonchev–Trinajstić information content (AvgIpc) is 3.17. The fraction of sp³-hybridized carbons (Fsp3) is 0.667. The standard InChI is InChI=1S/C15H21N5O5/c1-15(2)24-10-8(4-21)23-14(11(10)25-15)20-13-9(7(19-20)5-22-3)12(16)17-6-18-13/h6,8,10-11,14,21H,4-5H2,1-3H3,(H2,16,17,18)/t8-,10-,11-,14-/m1/s1. The Hall–Kier alpha value is -1.85. The quantitative estimate of drug-likeness (QED) is 0.780. The highest BCUT2D eigenvalue weighted by molar-refractivity contribution is 5.88. The number of nitrogens with zero attached hydrogens (tertiary/aromatic N) is 4. The smallest absolute Gasteiger partial charge is 0.181 e. The van der Waals surface area contributed by atoms with E-state index in [-0.39, 0.29) is 13.2 Å². The van der Waals surface area contributed by atoms with E-state index >= 15 is 0 Å². The van der Waals surface area contributed by atoms with E-state index in [2.05, 4.69) is 15.1 Å². The van der Waals surface area contributed by atoms with Gasteiger partial charge in [0, 0.05) is 7.11 Å². The van der Waals surface area contributed by atoms with Crippen molar-refractivity contribution >= 4 is 16.9 Å². The van der Waals surface area contributed by atoms with E-state index in [0.29, 0.717) is 22.5 Å². The van der Waals surface area contributed by atoms with E-state index in [1.54, 1.807) is 11.8 Å². The van der Waals surface area contributed by atoms with Crippen LogP contribution in [0.5, 0.6) is 0 Å². The summed E-state index contributed by atoms with van der Waals surface area (Å²) in [5.74, 6) is -0.447. The average molecular weight is 351 g/mol. The van der Waals surface area contributed by atoms with Crippen LogP contribution in [0.25, 0.3) is 11.0 Å². The molecule has 2 aromatic heterocycles. The van der Waals surface area contributed by atoms with Crippen molar-refractivity contribution in [2.75, 3.05) is 19.5 Å². The maximum absolute atomic E-state index is 9.64. The normalized spacial score (nSPS) is 30.9. The van der Waals surface area contributed by atoms with Gasteiger partial charge in [0.2, 0.25) is 0 Å². The predicted octanol–water partition coefficient (Wildman–Crippen LogP) is -0.0353. The minimum atomic E-state index is -0.767. The Morgan fingerprint density at radius 2 is 2.08 bits per heavy atom. The van der Waals surface area contributed by atoms with Crippen LogP contribution in [0.3, 0.4) is 0 Å². The van der Waals surface area contributed by atoms with Gasteiger partial charge < -0.3 is 29.8 Å². The van der Waals surface area contributed by atoms with Gasteiger partial charge in [0.15, 0.2) is 17.7 Å². The molecule has 0 aliphatic carbocycles. The molecule has 2 aliphatic rings. The molecule has 4 heterocycles. The Kier molecular flexibility index (Phi) is 3.89.